The van der Waals surface area contributed by atoms with E-state index in [-0.39, 0.29) is 17.9 Å². The third-order valence-electron chi connectivity index (χ3n) is 2.99. The van der Waals surface area contributed by atoms with Crippen LogP contribution in [0.4, 0.5) is 0 Å². The first-order valence-electron chi connectivity index (χ1n) is 6.80. The molecule has 0 aromatic rings. The molecule has 0 aromatic heterocycles. The minimum absolute atomic E-state index is 0.0515. The molecule has 0 bridgehead atoms. The maximum Gasteiger partial charge on any atom is 0.146 e. The highest BCUT2D eigenvalue weighted by Crippen LogP contribution is 2.03. The quantitative estimate of drug-likeness (QED) is 0.476. The van der Waals surface area contributed by atoms with E-state index in [1.165, 1.54) is 32.6 Å². The Bertz CT molecular complexity index is 197. The van der Waals surface area contributed by atoms with E-state index in [0.717, 1.165) is 19.5 Å². The van der Waals surface area contributed by atoms with E-state index in [2.05, 4.69) is 12.2 Å². The Morgan fingerprint density at radius 2 is 1.88 bits per heavy atom. The third-order valence-corrected chi connectivity index (χ3v) is 2.99. The molecule has 0 aliphatic carbocycles. The molecule has 0 radical (unpaired) electrons. The van der Waals surface area contributed by atoms with Gasteiger partial charge in [-0.1, -0.05) is 32.6 Å². The van der Waals surface area contributed by atoms with Gasteiger partial charge in [0.05, 0.1) is 6.04 Å². The minimum atomic E-state index is -0.330. The molecule has 0 rings (SSSR count). The molecule has 0 fully saturated rings. The smallest absolute Gasteiger partial charge is 0.146 e. The van der Waals surface area contributed by atoms with Gasteiger partial charge in [-0.15, -0.1) is 0 Å². The molecular weight excluding hydrogens is 214 g/mol. The average Bonchev–Trinajstić information content (AvgIpc) is 2.29. The van der Waals surface area contributed by atoms with Gasteiger partial charge >= 0.3 is 0 Å². The van der Waals surface area contributed by atoms with Crippen molar-refractivity contribution < 1.29 is 4.79 Å². The molecule has 2 atom stereocenters. The fourth-order valence-electron chi connectivity index (χ4n) is 1.68. The summed E-state index contributed by atoms with van der Waals surface area (Å²) in [7, 11) is 0. The molecular formula is C13H29N3O. The van der Waals surface area contributed by atoms with Gasteiger partial charge < -0.3 is 16.8 Å². The highest BCUT2D eigenvalue weighted by molar-refractivity contribution is 5.81. The van der Waals surface area contributed by atoms with Gasteiger partial charge in [0.1, 0.15) is 5.78 Å². The van der Waals surface area contributed by atoms with E-state index in [9.17, 15) is 4.79 Å². The molecule has 0 aliphatic rings. The van der Waals surface area contributed by atoms with E-state index in [0.29, 0.717) is 6.42 Å². The summed E-state index contributed by atoms with van der Waals surface area (Å²) in [6, 6.07) is -0.108. The molecule has 0 amide bonds. The van der Waals surface area contributed by atoms with Gasteiger partial charge in [0.2, 0.25) is 0 Å². The van der Waals surface area contributed by atoms with E-state index < -0.39 is 0 Å². The Morgan fingerprint density at radius 1 is 1.18 bits per heavy atom. The Hall–Kier alpha value is -0.450. The summed E-state index contributed by atoms with van der Waals surface area (Å²) in [5, 5.41) is 3.25. The Labute approximate surface area is 106 Å². The number of Topliss-reactive ketones (excluding diaryl/α,β-unsaturated/α-hetero) is 1. The predicted octanol–water partition coefficient (Wildman–Crippen LogP) is 1.18. The first-order chi connectivity index (χ1) is 8.07. The van der Waals surface area contributed by atoms with Crippen molar-refractivity contribution in [2.24, 2.45) is 11.5 Å². The van der Waals surface area contributed by atoms with Crippen LogP contribution in [0, 0.1) is 0 Å². The molecule has 4 nitrogen and oxygen atoms in total. The maximum absolute atomic E-state index is 10.9. The van der Waals surface area contributed by atoms with Gasteiger partial charge in [-0.05, 0) is 26.3 Å². The van der Waals surface area contributed by atoms with Gasteiger partial charge in [-0.3, -0.25) is 4.79 Å². The molecule has 0 aromatic carbocycles. The largest absolute Gasteiger partial charge is 0.327 e. The number of nitrogens with one attached hydrogen (secondary N) is 1. The van der Waals surface area contributed by atoms with Crippen molar-refractivity contribution in [2.75, 3.05) is 13.1 Å². The van der Waals surface area contributed by atoms with Crippen LogP contribution in [0.25, 0.3) is 0 Å². The van der Waals surface area contributed by atoms with Gasteiger partial charge in [0.15, 0.2) is 0 Å². The van der Waals surface area contributed by atoms with E-state index >= 15 is 0 Å². The lowest BCUT2D eigenvalue weighted by molar-refractivity contribution is -0.118. The van der Waals surface area contributed by atoms with Crippen LogP contribution in [-0.4, -0.2) is 31.0 Å². The highest BCUT2D eigenvalue weighted by atomic mass is 16.1. The second-order valence-electron chi connectivity index (χ2n) is 4.82. The summed E-state index contributed by atoms with van der Waals surface area (Å²) >= 11 is 0. The second kappa shape index (κ2) is 10.7. The normalized spacial score (nSPS) is 14.6. The van der Waals surface area contributed by atoms with Gasteiger partial charge in [-0.25, -0.2) is 0 Å². The summed E-state index contributed by atoms with van der Waals surface area (Å²) in [4.78, 5) is 10.9. The van der Waals surface area contributed by atoms with Gasteiger partial charge in [-0.2, -0.15) is 0 Å². The summed E-state index contributed by atoms with van der Waals surface area (Å²) in [5.74, 6) is 0.0515. The molecule has 0 unspecified atom stereocenters. The molecule has 102 valence electrons. The van der Waals surface area contributed by atoms with Crippen molar-refractivity contribution in [2.45, 2.75) is 64.5 Å². The number of ketones is 1. The molecule has 0 heterocycles. The predicted molar refractivity (Wildman–Crippen MR) is 72.9 cm³/mol. The summed E-state index contributed by atoms with van der Waals surface area (Å²) < 4.78 is 0. The van der Waals surface area contributed by atoms with E-state index in [1.54, 1.807) is 0 Å². The third kappa shape index (κ3) is 10.4. The maximum atomic E-state index is 10.9. The highest BCUT2D eigenvalue weighted by Gasteiger charge is 2.07. The number of nitrogens with two attached hydrogens (primary N) is 2. The Kier molecular flexibility index (Phi) is 10.4. The van der Waals surface area contributed by atoms with Gasteiger partial charge in [0.25, 0.3) is 0 Å². The van der Waals surface area contributed by atoms with Crippen molar-refractivity contribution in [3.8, 4) is 0 Å². The second-order valence-corrected chi connectivity index (χ2v) is 4.82. The molecule has 0 saturated heterocycles. The van der Waals surface area contributed by atoms with Crippen LogP contribution in [0.3, 0.4) is 0 Å². The topological polar surface area (TPSA) is 81.1 Å². The molecule has 17 heavy (non-hydrogen) atoms. The van der Waals surface area contributed by atoms with E-state index in [1.807, 2.05) is 0 Å². The van der Waals surface area contributed by atoms with Gasteiger partial charge in [0, 0.05) is 12.6 Å². The molecule has 0 aliphatic heterocycles. The summed E-state index contributed by atoms with van der Waals surface area (Å²) in [5.41, 5.74) is 11.6. The minimum Gasteiger partial charge on any atom is -0.327 e. The lowest BCUT2D eigenvalue weighted by atomic mass is 10.1. The number of unbranched alkanes of at least 4 members (excludes halogenated alkanes) is 3. The van der Waals surface area contributed by atoms with Crippen LogP contribution in [0.1, 0.15) is 52.4 Å². The number of hydrogen-bond donors (Lipinski definition) is 3. The number of carbonyl (C=O) groups excluding carboxylic acids is 1. The summed E-state index contributed by atoms with van der Waals surface area (Å²) in [6.45, 7) is 5.32. The zero-order chi connectivity index (χ0) is 13.1. The first kappa shape index (κ1) is 16.6. The van der Waals surface area contributed by atoms with Crippen LogP contribution >= 0.6 is 0 Å². The van der Waals surface area contributed by atoms with Crippen LogP contribution < -0.4 is 16.8 Å². The zero-order valence-corrected chi connectivity index (χ0v) is 11.4. The molecule has 0 spiro atoms. The van der Waals surface area contributed by atoms with Crippen molar-refractivity contribution in [3.05, 3.63) is 0 Å². The van der Waals surface area contributed by atoms with Crippen molar-refractivity contribution in [3.63, 3.8) is 0 Å². The SMILES string of the molecule is CCCCCC[C@H](N)CNCC[C@H](N)C(C)=O. The number of hydrogen-bond acceptors (Lipinski definition) is 4. The fraction of sp³-hybridized carbons (Fsp3) is 0.923. The van der Waals surface area contributed by atoms with Crippen LogP contribution in [0.2, 0.25) is 0 Å². The van der Waals surface area contributed by atoms with Crippen LogP contribution in [0.15, 0.2) is 0 Å². The zero-order valence-electron chi connectivity index (χ0n) is 11.4. The average molecular weight is 243 g/mol. The van der Waals surface area contributed by atoms with Crippen molar-refractivity contribution >= 4 is 5.78 Å². The van der Waals surface area contributed by atoms with E-state index in [4.69, 9.17) is 11.5 Å². The molecule has 5 N–H and O–H groups in total. The Morgan fingerprint density at radius 3 is 2.47 bits per heavy atom. The first-order valence-corrected chi connectivity index (χ1v) is 6.80. The Balaban J connectivity index is 3.32. The monoisotopic (exact) mass is 243 g/mol. The van der Waals surface area contributed by atoms with Crippen LogP contribution in [-0.2, 0) is 4.79 Å². The number of carbonyl (C=O) groups is 1. The fourth-order valence-corrected chi connectivity index (χ4v) is 1.68. The molecule has 4 heteroatoms. The molecule has 0 saturated carbocycles. The van der Waals surface area contributed by atoms with Crippen LogP contribution in [0.5, 0.6) is 0 Å². The lowest BCUT2D eigenvalue weighted by Gasteiger charge is -2.13. The number of rotatable bonds is 11. The van der Waals surface area contributed by atoms with Crippen molar-refractivity contribution in [1.29, 1.82) is 0 Å². The lowest BCUT2D eigenvalue weighted by Crippen LogP contribution is -2.37. The van der Waals surface area contributed by atoms with Crippen molar-refractivity contribution in [1.82, 2.24) is 5.32 Å². The summed E-state index contributed by atoms with van der Waals surface area (Å²) in [6.07, 6.45) is 6.82. The standard InChI is InChI=1S/C13H29N3O/c1-3-4-5-6-7-12(14)10-16-9-8-13(15)11(2)17/h12-13,16H,3-10,14-15H2,1-2H3/t12-,13-/m0/s1.